The Kier molecular flexibility index (Phi) is 5.12. The molecule has 6 nitrogen and oxygen atoms in total. The zero-order chi connectivity index (χ0) is 18.5. The lowest BCUT2D eigenvalue weighted by Crippen LogP contribution is -2.14. The SMILES string of the molecule is Cc1ccc(NC(=O)c2ccc(Nc3ccc(N(C)C)cc3)nn2)cc1. The predicted octanol–water partition coefficient (Wildman–Crippen LogP) is 3.85. The highest BCUT2D eigenvalue weighted by atomic mass is 16.1. The molecule has 0 aliphatic rings. The number of anilines is 4. The van der Waals surface area contributed by atoms with Gasteiger partial charge in [0.2, 0.25) is 0 Å². The summed E-state index contributed by atoms with van der Waals surface area (Å²) >= 11 is 0. The van der Waals surface area contributed by atoms with E-state index < -0.39 is 0 Å². The molecule has 0 bridgehead atoms. The molecule has 132 valence electrons. The molecule has 3 aromatic rings. The van der Waals surface area contributed by atoms with Gasteiger partial charge in [-0.2, -0.15) is 0 Å². The van der Waals surface area contributed by atoms with Crippen LogP contribution < -0.4 is 15.5 Å². The molecule has 1 heterocycles. The van der Waals surface area contributed by atoms with E-state index in [0.717, 1.165) is 22.6 Å². The molecule has 0 saturated heterocycles. The van der Waals surface area contributed by atoms with Crippen molar-refractivity contribution in [1.82, 2.24) is 10.2 Å². The van der Waals surface area contributed by atoms with Crippen molar-refractivity contribution < 1.29 is 4.79 Å². The van der Waals surface area contributed by atoms with Crippen LogP contribution in [0.3, 0.4) is 0 Å². The third-order valence-corrected chi connectivity index (χ3v) is 3.86. The number of hydrogen-bond acceptors (Lipinski definition) is 5. The van der Waals surface area contributed by atoms with Crippen molar-refractivity contribution in [3.63, 3.8) is 0 Å². The van der Waals surface area contributed by atoms with E-state index in [4.69, 9.17) is 0 Å². The molecule has 0 fully saturated rings. The van der Waals surface area contributed by atoms with Crippen molar-refractivity contribution in [2.45, 2.75) is 6.92 Å². The number of nitrogens with zero attached hydrogens (tertiary/aromatic N) is 3. The largest absolute Gasteiger partial charge is 0.378 e. The van der Waals surface area contributed by atoms with Crippen LogP contribution in [0, 0.1) is 6.92 Å². The molecule has 1 aromatic heterocycles. The third kappa shape index (κ3) is 4.36. The Morgan fingerprint density at radius 3 is 2.08 bits per heavy atom. The average molecular weight is 347 g/mol. The first-order chi connectivity index (χ1) is 12.5. The van der Waals surface area contributed by atoms with Crippen LogP contribution in [0.15, 0.2) is 60.7 Å². The summed E-state index contributed by atoms with van der Waals surface area (Å²) in [5.41, 5.74) is 4.15. The zero-order valence-corrected chi connectivity index (χ0v) is 15.0. The van der Waals surface area contributed by atoms with Gasteiger partial charge in [-0.25, -0.2) is 0 Å². The lowest BCUT2D eigenvalue weighted by Gasteiger charge is -2.13. The number of aryl methyl sites for hydroxylation is 1. The maximum atomic E-state index is 12.2. The van der Waals surface area contributed by atoms with Crippen LogP contribution in [0.1, 0.15) is 16.1 Å². The summed E-state index contributed by atoms with van der Waals surface area (Å²) in [5.74, 6) is 0.290. The van der Waals surface area contributed by atoms with Gasteiger partial charge in [0.25, 0.3) is 5.91 Å². The van der Waals surface area contributed by atoms with E-state index in [-0.39, 0.29) is 11.6 Å². The first-order valence-electron chi connectivity index (χ1n) is 8.27. The molecule has 0 atom stereocenters. The Labute approximate surface area is 152 Å². The molecular weight excluding hydrogens is 326 g/mol. The third-order valence-electron chi connectivity index (χ3n) is 3.86. The van der Waals surface area contributed by atoms with E-state index in [0.29, 0.717) is 5.82 Å². The molecule has 0 saturated carbocycles. The Hall–Kier alpha value is -3.41. The minimum Gasteiger partial charge on any atom is -0.378 e. The molecule has 2 aromatic carbocycles. The normalized spacial score (nSPS) is 10.3. The van der Waals surface area contributed by atoms with Gasteiger partial charge in [-0.3, -0.25) is 4.79 Å². The number of hydrogen-bond donors (Lipinski definition) is 2. The van der Waals surface area contributed by atoms with Gasteiger partial charge in [-0.05, 0) is 55.5 Å². The standard InChI is InChI=1S/C20H21N5O/c1-14-4-6-16(7-5-14)22-20(26)18-12-13-19(24-23-18)21-15-8-10-17(11-9-15)25(2)3/h4-13H,1-3H3,(H,21,24)(H,22,26). The second kappa shape index (κ2) is 7.65. The van der Waals surface area contributed by atoms with Crippen molar-refractivity contribution in [3.8, 4) is 0 Å². The highest BCUT2D eigenvalue weighted by Crippen LogP contribution is 2.19. The van der Waals surface area contributed by atoms with Crippen molar-refractivity contribution in [2.75, 3.05) is 29.6 Å². The fourth-order valence-electron chi connectivity index (χ4n) is 2.34. The van der Waals surface area contributed by atoms with Crippen LogP contribution in [-0.2, 0) is 0 Å². The molecule has 0 radical (unpaired) electrons. The van der Waals surface area contributed by atoms with Gasteiger partial charge in [-0.15, -0.1) is 10.2 Å². The molecule has 0 aliphatic carbocycles. The Morgan fingerprint density at radius 2 is 1.50 bits per heavy atom. The van der Waals surface area contributed by atoms with Crippen LogP contribution in [0.25, 0.3) is 0 Å². The van der Waals surface area contributed by atoms with Crippen molar-refractivity contribution in [2.24, 2.45) is 0 Å². The maximum absolute atomic E-state index is 12.2. The Balaban J connectivity index is 1.64. The number of carbonyl (C=O) groups is 1. The number of rotatable bonds is 5. The summed E-state index contributed by atoms with van der Waals surface area (Å²) in [5, 5.41) is 14.1. The topological polar surface area (TPSA) is 70.2 Å². The molecule has 3 rings (SSSR count). The van der Waals surface area contributed by atoms with Gasteiger partial charge < -0.3 is 15.5 Å². The van der Waals surface area contributed by atoms with Crippen LogP contribution in [0.4, 0.5) is 22.9 Å². The molecule has 0 unspecified atom stereocenters. The van der Waals surface area contributed by atoms with Gasteiger partial charge in [0.15, 0.2) is 11.5 Å². The fraction of sp³-hybridized carbons (Fsp3) is 0.150. The average Bonchev–Trinajstić information content (AvgIpc) is 2.64. The number of nitrogens with one attached hydrogen (secondary N) is 2. The number of amides is 1. The summed E-state index contributed by atoms with van der Waals surface area (Å²) in [6.45, 7) is 2.00. The highest BCUT2D eigenvalue weighted by Gasteiger charge is 2.09. The summed E-state index contributed by atoms with van der Waals surface area (Å²) in [4.78, 5) is 14.3. The number of aromatic nitrogens is 2. The second-order valence-electron chi connectivity index (χ2n) is 6.19. The van der Waals surface area contributed by atoms with Gasteiger partial charge in [0, 0.05) is 31.2 Å². The fourth-order valence-corrected chi connectivity index (χ4v) is 2.34. The van der Waals surface area contributed by atoms with Crippen molar-refractivity contribution in [3.05, 3.63) is 71.9 Å². The van der Waals surface area contributed by atoms with Crippen LogP contribution in [0.2, 0.25) is 0 Å². The Bertz CT molecular complexity index is 872. The molecule has 26 heavy (non-hydrogen) atoms. The van der Waals surface area contributed by atoms with Crippen LogP contribution in [0.5, 0.6) is 0 Å². The summed E-state index contributed by atoms with van der Waals surface area (Å²) in [6, 6.07) is 18.9. The van der Waals surface area contributed by atoms with E-state index in [1.165, 1.54) is 0 Å². The number of benzene rings is 2. The van der Waals surface area contributed by atoms with Crippen molar-refractivity contribution >= 4 is 28.8 Å². The summed E-state index contributed by atoms with van der Waals surface area (Å²) in [6.07, 6.45) is 0. The molecule has 1 amide bonds. The summed E-state index contributed by atoms with van der Waals surface area (Å²) in [7, 11) is 3.99. The quantitative estimate of drug-likeness (QED) is 0.734. The Morgan fingerprint density at radius 1 is 0.846 bits per heavy atom. The minimum atomic E-state index is -0.289. The van der Waals surface area contributed by atoms with E-state index in [2.05, 4.69) is 20.8 Å². The molecule has 2 N–H and O–H groups in total. The highest BCUT2D eigenvalue weighted by molar-refractivity contribution is 6.02. The molecular formula is C20H21N5O. The van der Waals surface area contributed by atoms with Gasteiger partial charge in [0.1, 0.15) is 0 Å². The second-order valence-corrected chi connectivity index (χ2v) is 6.19. The number of carbonyl (C=O) groups excluding carboxylic acids is 1. The molecule has 6 heteroatoms. The van der Waals surface area contributed by atoms with Gasteiger partial charge >= 0.3 is 0 Å². The summed E-state index contributed by atoms with van der Waals surface area (Å²) < 4.78 is 0. The zero-order valence-electron chi connectivity index (χ0n) is 15.0. The smallest absolute Gasteiger partial charge is 0.276 e. The minimum absolute atomic E-state index is 0.263. The molecule has 0 aliphatic heterocycles. The maximum Gasteiger partial charge on any atom is 0.276 e. The first kappa shape index (κ1) is 17.4. The lowest BCUT2D eigenvalue weighted by atomic mass is 10.2. The van der Waals surface area contributed by atoms with Gasteiger partial charge in [-0.1, -0.05) is 17.7 Å². The first-order valence-corrected chi connectivity index (χ1v) is 8.27. The predicted molar refractivity (Wildman–Crippen MR) is 105 cm³/mol. The van der Waals surface area contributed by atoms with E-state index in [1.807, 2.05) is 74.4 Å². The van der Waals surface area contributed by atoms with E-state index in [1.54, 1.807) is 12.1 Å². The van der Waals surface area contributed by atoms with E-state index >= 15 is 0 Å². The monoisotopic (exact) mass is 347 g/mol. The van der Waals surface area contributed by atoms with Crippen LogP contribution >= 0.6 is 0 Å². The molecule has 0 spiro atoms. The van der Waals surface area contributed by atoms with Gasteiger partial charge in [0.05, 0.1) is 0 Å². The van der Waals surface area contributed by atoms with Crippen LogP contribution in [-0.4, -0.2) is 30.2 Å². The van der Waals surface area contributed by atoms with Crippen molar-refractivity contribution in [1.29, 1.82) is 0 Å². The lowest BCUT2D eigenvalue weighted by molar-refractivity contribution is 0.102. The van der Waals surface area contributed by atoms with E-state index in [9.17, 15) is 4.79 Å².